The predicted molar refractivity (Wildman–Crippen MR) is 218 cm³/mol. The molecule has 0 spiro atoms. The number of Topliss-reactive ketones (excluding diaryl/α,β-unsaturated/α-hetero) is 2. The number of benzene rings is 2. The van der Waals surface area contributed by atoms with Crippen molar-refractivity contribution in [2.24, 2.45) is 23.5 Å². The van der Waals surface area contributed by atoms with Gasteiger partial charge in [0, 0.05) is 5.92 Å². The number of carboxylic acids is 1. The molecule has 2 aromatic carbocycles. The molecular weight excluding hydrogens is 835 g/mol. The van der Waals surface area contributed by atoms with Crippen LogP contribution >= 0.6 is 0 Å². The summed E-state index contributed by atoms with van der Waals surface area (Å²) in [5.41, 5.74) is 3.35. The third-order valence-corrected chi connectivity index (χ3v) is 11.2. The number of aryl methyl sites for hydroxylation is 2. The van der Waals surface area contributed by atoms with Crippen molar-refractivity contribution in [1.82, 2.24) is 21.3 Å². The van der Waals surface area contributed by atoms with Gasteiger partial charge in [0.1, 0.15) is 11.6 Å². The van der Waals surface area contributed by atoms with Crippen molar-refractivity contribution in [3.63, 3.8) is 0 Å². The van der Waals surface area contributed by atoms with Crippen LogP contribution in [0.25, 0.3) is 0 Å². The number of carbonyl (C=O) groups is 8. The number of halogens is 4. The minimum atomic E-state index is -2.45. The number of aromatic carboxylic acids is 1. The van der Waals surface area contributed by atoms with Crippen LogP contribution in [-0.4, -0.2) is 82.5 Å². The number of carboxylic acid groups (broad SMARTS) is 1. The normalized spacial score (nSPS) is 19.3. The number of nitrogens with two attached hydrogens (primary N) is 1. The molecule has 0 heterocycles. The summed E-state index contributed by atoms with van der Waals surface area (Å²) in [4.78, 5) is 106. The Hall–Kier alpha value is -5.72. The first-order valence-electron chi connectivity index (χ1n) is 20.9. The maximum Gasteiger partial charge on any atom is 0.339 e. The first-order chi connectivity index (χ1) is 29.4. The molecule has 19 heteroatoms. The van der Waals surface area contributed by atoms with Crippen LogP contribution in [0.1, 0.15) is 129 Å². The first-order valence-corrected chi connectivity index (χ1v) is 20.9. The van der Waals surface area contributed by atoms with Crippen LogP contribution in [0.4, 0.5) is 17.6 Å². The van der Waals surface area contributed by atoms with Gasteiger partial charge in [-0.15, -0.1) is 0 Å². The molecule has 63 heavy (non-hydrogen) atoms. The number of hydrogen-bond acceptors (Lipinski definition) is 9. The molecule has 0 bridgehead atoms. The molecule has 6 atom stereocenters. The number of ketones is 2. The summed E-state index contributed by atoms with van der Waals surface area (Å²) in [7, 11) is 0. The summed E-state index contributed by atoms with van der Waals surface area (Å²) in [5, 5.41) is 19.1. The van der Waals surface area contributed by atoms with Gasteiger partial charge in [-0.1, -0.05) is 61.9 Å². The Morgan fingerprint density at radius 3 is 1.92 bits per heavy atom. The molecule has 344 valence electrons. The van der Waals surface area contributed by atoms with Crippen LogP contribution in [0.2, 0.25) is 0 Å². The lowest BCUT2D eigenvalue weighted by molar-refractivity contribution is -0.141. The number of rotatable bonds is 18. The van der Waals surface area contributed by atoms with Gasteiger partial charge in [0.2, 0.25) is 23.5 Å². The number of carbonyl (C=O) groups excluding carboxylic acids is 7. The fourth-order valence-corrected chi connectivity index (χ4v) is 8.52. The minimum absolute atomic E-state index is 0.0447. The van der Waals surface area contributed by atoms with E-state index in [1.54, 1.807) is 53.7 Å². The van der Waals surface area contributed by atoms with E-state index in [0.29, 0.717) is 37.7 Å². The summed E-state index contributed by atoms with van der Waals surface area (Å²) >= 11 is 0. The lowest BCUT2D eigenvalue weighted by Gasteiger charge is -2.33. The highest BCUT2D eigenvalue weighted by molar-refractivity contribution is 6.38. The zero-order valence-electron chi connectivity index (χ0n) is 36.1. The van der Waals surface area contributed by atoms with Crippen molar-refractivity contribution in [3.05, 3.63) is 69.3 Å². The number of ether oxygens (including phenoxy) is 1. The highest BCUT2D eigenvalue weighted by atomic mass is 19.2. The van der Waals surface area contributed by atoms with Gasteiger partial charge >= 0.3 is 5.97 Å². The van der Waals surface area contributed by atoms with Gasteiger partial charge in [0.15, 0.2) is 29.1 Å². The van der Waals surface area contributed by atoms with Crippen molar-refractivity contribution >= 4 is 47.1 Å². The maximum atomic E-state index is 15.1. The van der Waals surface area contributed by atoms with Crippen LogP contribution < -0.4 is 27.0 Å². The quantitative estimate of drug-likeness (QED) is 0.0536. The van der Waals surface area contributed by atoms with E-state index in [2.05, 4.69) is 21.3 Å². The van der Waals surface area contributed by atoms with E-state index in [9.17, 15) is 56.6 Å². The molecule has 2 fully saturated rings. The van der Waals surface area contributed by atoms with Gasteiger partial charge in [-0.2, -0.15) is 0 Å². The van der Waals surface area contributed by atoms with Crippen LogP contribution in [0, 0.1) is 54.9 Å². The van der Waals surface area contributed by atoms with Gasteiger partial charge in [0.05, 0.1) is 41.8 Å². The highest BCUT2D eigenvalue weighted by Gasteiger charge is 2.48. The third kappa shape index (κ3) is 12.5. The summed E-state index contributed by atoms with van der Waals surface area (Å²) in [5.74, 6) is -22.3. The summed E-state index contributed by atoms with van der Waals surface area (Å²) in [6.07, 6.45) is 1.99. The second kappa shape index (κ2) is 21.1. The van der Waals surface area contributed by atoms with Crippen molar-refractivity contribution in [3.8, 4) is 0 Å². The van der Waals surface area contributed by atoms with Crippen LogP contribution in [0.15, 0.2) is 18.2 Å². The van der Waals surface area contributed by atoms with E-state index in [1.807, 2.05) is 6.07 Å². The number of amides is 5. The van der Waals surface area contributed by atoms with E-state index in [1.165, 1.54) is 0 Å². The molecule has 0 aromatic heterocycles. The topological polar surface area (TPSA) is 240 Å². The van der Waals surface area contributed by atoms with Crippen molar-refractivity contribution < 1.29 is 65.8 Å². The number of hydrogen-bond donors (Lipinski definition) is 6. The number of primary amides is 1. The average Bonchev–Trinajstić information content (AvgIpc) is 3.62. The smallest absolute Gasteiger partial charge is 0.339 e. The molecule has 0 aliphatic heterocycles. The minimum Gasteiger partial charge on any atom is -0.478 e. The first kappa shape index (κ1) is 49.9. The molecule has 7 N–H and O–H groups in total. The van der Waals surface area contributed by atoms with E-state index >= 15 is 4.39 Å². The predicted octanol–water partition coefficient (Wildman–Crippen LogP) is 4.33. The van der Waals surface area contributed by atoms with Crippen molar-refractivity contribution in [1.29, 1.82) is 0 Å². The summed E-state index contributed by atoms with van der Waals surface area (Å²) < 4.78 is 64.4. The van der Waals surface area contributed by atoms with Crippen molar-refractivity contribution in [2.75, 3.05) is 6.54 Å². The Morgan fingerprint density at radius 2 is 1.38 bits per heavy atom. The van der Waals surface area contributed by atoms with Gasteiger partial charge in [0.25, 0.3) is 11.8 Å². The van der Waals surface area contributed by atoms with Crippen LogP contribution in [-0.2, 0) is 33.5 Å². The molecule has 0 radical (unpaired) electrons. The lowest BCUT2D eigenvalue weighted by Crippen LogP contribution is -2.53. The van der Waals surface area contributed by atoms with E-state index in [4.69, 9.17) is 10.5 Å². The fraction of sp³-hybridized carbons (Fsp3) is 0.545. The molecule has 2 aliphatic carbocycles. The molecular formula is C44H55F4N5O10. The molecule has 5 amide bonds. The second-order valence-corrected chi connectivity index (χ2v) is 17.3. The van der Waals surface area contributed by atoms with E-state index in [-0.39, 0.29) is 19.3 Å². The Balaban J connectivity index is 1.58. The molecule has 15 nitrogen and oxygen atoms in total. The second-order valence-electron chi connectivity index (χ2n) is 17.3. The lowest BCUT2D eigenvalue weighted by atomic mass is 9.77. The monoisotopic (exact) mass is 889 g/mol. The number of nitrogens with one attached hydrogen (secondary N) is 4. The van der Waals surface area contributed by atoms with E-state index < -0.39 is 136 Å². The summed E-state index contributed by atoms with van der Waals surface area (Å²) in [6, 6.07) is 0.945. The Labute approximate surface area is 362 Å². The van der Waals surface area contributed by atoms with Crippen molar-refractivity contribution in [2.45, 2.75) is 129 Å². The SMILES string of the molecule is CCCC(NC(=O)[C@@H]1C[C@@H](OC(C)(C)C)CC1C(=O)[C@@H](NC(=O)c1c(F)c(F)c(F)c(F)c1C(=O)O)C1CCCCC1)C(=O)C(=O)NCC(=O)NC(C(N)=O)c1cc(C)cc(C)c1. The third-order valence-electron chi connectivity index (χ3n) is 11.2. The summed E-state index contributed by atoms with van der Waals surface area (Å²) in [6.45, 7) is 9.75. The Bertz CT molecular complexity index is 2120. The van der Waals surface area contributed by atoms with Crippen LogP contribution in [0.3, 0.4) is 0 Å². The van der Waals surface area contributed by atoms with Crippen LogP contribution in [0.5, 0.6) is 0 Å². The van der Waals surface area contributed by atoms with Gasteiger partial charge < -0.3 is 36.8 Å². The zero-order chi connectivity index (χ0) is 47.1. The molecule has 3 unspecified atom stereocenters. The Morgan fingerprint density at radius 1 is 0.810 bits per heavy atom. The largest absolute Gasteiger partial charge is 0.478 e. The van der Waals surface area contributed by atoms with Gasteiger partial charge in [-0.25, -0.2) is 22.4 Å². The highest BCUT2D eigenvalue weighted by Crippen LogP contribution is 2.40. The molecule has 2 saturated carbocycles. The molecule has 0 saturated heterocycles. The van der Waals surface area contributed by atoms with Gasteiger partial charge in [-0.3, -0.25) is 33.6 Å². The van der Waals surface area contributed by atoms with Gasteiger partial charge in [-0.05, 0) is 78.2 Å². The average molecular weight is 890 g/mol. The Kier molecular flexibility index (Phi) is 16.7. The molecule has 2 aromatic rings. The van der Waals surface area contributed by atoms with E-state index in [0.717, 1.165) is 17.5 Å². The fourth-order valence-electron chi connectivity index (χ4n) is 8.52. The molecule has 4 rings (SSSR count). The molecule has 2 aliphatic rings. The maximum absolute atomic E-state index is 15.1. The standard InChI is InChI=1S/C44H55F4N5O10/c1-7-11-27(38(56)42(60)50-19-28(54)52-36(39(49)57)23-15-20(2)14-21(3)16-23)51-40(58)26-18-24(63-44(4,5)6)17-25(26)37(55)35(22-12-9-8-10-13-22)53-41(59)29-30(43(61)62)32(46)34(48)33(47)31(29)45/h14-16,22,24-27,35-36H,7-13,17-19H2,1-6H3,(H2,49,57)(H,50,60)(H,51,58)(H,52,54)(H,53,59)(H,61,62)/t24-,25?,26+,27?,35-,36?/m0/s1. The zero-order valence-corrected chi connectivity index (χ0v) is 36.1.